The maximum absolute atomic E-state index is 5.75. The molecule has 0 fully saturated rings. The lowest BCUT2D eigenvalue weighted by atomic mass is 9.87. The van der Waals surface area contributed by atoms with Gasteiger partial charge in [-0.1, -0.05) is 39.8 Å². The molecule has 0 radical (unpaired) electrons. The minimum absolute atomic E-state index is 0.181. The van der Waals surface area contributed by atoms with Crippen LogP contribution in [0, 0.1) is 0 Å². The Morgan fingerprint density at radius 2 is 1.82 bits per heavy atom. The summed E-state index contributed by atoms with van der Waals surface area (Å²) in [6, 6.07) is 8.31. The fourth-order valence-corrected chi connectivity index (χ4v) is 1.47. The molecular formula is C14H23N3. The van der Waals surface area contributed by atoms with Gasteiger partial charge in [-0.3, -0.25) is 4.99 Å². The van der Waals surface area contributed by atoms with Crippen LogP contribution in [-0.4, -0.2) is 12.5 Å². The zero-order valence-corrected chi connectivity index (χ0v) is 11.2. The van der Waals surface area contributed by atoms with E-state index in [9.17, 15) is 0 Å². The van der Waals surface area contributed by atoms with Gasteiger partial charge < -0.3 is 11.1 Å². The van der Waals surface area contributed by atoms with Crippen LogP contribution in [0.2, 0.25) is 0 Å². The van der Waals surface area contributed by atoms with E-state index < -0.39 is 0 Å². The van der Waals surface area contributed by atoms with Crippen LogP contribution >= 0.6 is 0 Å². The van der Waals surface area contributed by atoms with E-state index in [-0.39, 0.29) is 5.41 Å². The van der Waals surface area contributed by atoms with Gasteiger partial charge in [-0.25, -0.2) is 0 Å². The van der Waals surface area contributed by atoms with Gasteiger partial charge in [0.05, 0.1) is 0 Å². The van der Waals surface area contributed by atoms with E-state index in [1.807, 2.05) is 12.1 Å². The molecule has 0 spiro atoms. The molecule has 0 amide bonds. The molecule has 0 saturated heterocycles. The van der Waals surface area contributed by atoms with E-state index in [1.54, 1.807) is 0 Å². The molecule has 0 aliphatic carbocycles. The topological polar surface area (TPSA) is 50.4 Å². The third-order valence-electron chi connectivity index (χ3n) is 2.53. The van der Waals surface area contributed by atoms with Crippen LogP contribution in [0.1, 0.15) is 39.7 Å². The average Bonchev–Trinajstić information content (AvgIpc) is 2.26. The number of aliphatic imine (C=N–C) groups is 1. The zero-order chi connectivity index (χ0) is 12.9. The van der Waals surface area contributed by atoms with Crippen molar-refractivity contribution < 1.29 is 0 Å². The van der Waals surface area contributed by atoms with Gasteiger partial charge in [-0.2, -0.15) is 0 Å². The van der Waals surface area contributed by atoms with Crippen LogP contribution in [0.3, 0.4) is 0 Å². The molecule has 0 heterocycles. The Labute approximate surface area is 104 Å². The number of nitrogens with one attached hydrogen (secondary N) is 1. The van der Waals surface area contributed by atoms with Crippen molar-refractivity contribution in [2.75, 3.05) is 11.9 Å². The van der Waals surface area contributed by atoms with Gasteiger partial charge in [0.15, 0.2) is 5.96 Å². The first-order valence-corrected chi connectivity index (χ1v) is 6.11. The summed E-state index contributed by atoms with van der Waals surface area (Å²) in [5.74, 6) is 0.482. The monoisotopic (exact) mass is 233 g/mol. The summed E-state index contributed by atoms with van der Waals surface area (Å²) >= 11 is 0. The summed E-state index contributed by atoms with van der Waals surface area (Å²) in [5, 5.41) is 3.08. The molecule has 94 valence electrons. The Bertz CT molecular complexity index is 371. The molecule has 0 bridgehead atoms. The minimum atomic E-state index is 0.181. The molecule has 0 aliphatic rings. The molecule has 0 unspecified atom stereocenters. The molecule has 3 N–H and O–H groups in total. The van der Waals surface area contributed by atoms with Crippen LogP contribution in [0.4, 0.5) is 5.69 Å². The van der Waals surface area contributed by atoms with Crippen molar-refractivity contribution in [2.45, 2.75) is 39.5 Å². The fraction of sp³-hybridized carbons (Fsp3) is 0.500. The first-order valence-electron chi connectivity index (χ1n) is 6.11. The van der Waals surface area contributed by atoms with Crippen LogP contribution in [0.5, 0.6) is 0 Å². The molecule has 1 rings (SSSR count). The summed E-state index contributed by atoms with van der Waals surface area (Å²) in [6.45, 7) is 9.44. The molecular weight excluding hydrogens is 210 g/mol. The van der Waals surface area contributed by atoms with Crippen molar-refractivity contribution in [2.24, 2.45) is 10.7 Å². The fourth-order valence-electron chi connectivity index (χ4n) is 1.47. The lowest BCUT2D eigenvalue weighted by Crippen LogP contribution is -2.22. The first kappa shape index (κ1) is 13.6. The Morgan fingerprint density at radius 1 is 1.24 bits per heavy atom. The van der Waals surface area contributed by atoms with Crippen molar-refractivity contribution in [3.63, 3.8) is 0 Å². The van der Waals surface area contributed by atoms with Crippen molar-refractivity contribution in [3.05, 3.63) is 29.8 Å². The Balaban J connectivity index is 2.69. The molecule has 1 aromatic rings. The molecule has 0 aromatic heterocycles. The average molecular weight is 233 g/mol. The van der Waals surface area contributed by atoms with Crippen molar-refractivity contribution in [3.8, 4) is 0 Å². The van der Waals surface area contributed by atoms with Gasteiger partial charge in [0.2, 0.25) is 0 Å². The number of hydrogen-bond acceptors (Lipinski definition) is 1. The van der Waals surface area contributed by atoms with Crippen molar-refractivity contribution in [1.29, 1.82) is 0 Å². The second kappa shape index (κ2) is 5.71. The van der Waals surface area contributed by atoms with Crippen molar-refractivity contribution >= 4 is 11.6 Å². The molecule has 1 aromatic carbocycles. The maximum Gasteiger partial charge on any atom is 0.193 e. The van der Waals surface area contributed by atoms with Crippen LogP contribution in [0.15, 0.2) is 29.3 Å². The van der Waals surface area contributed by atoms with Crippen molar-refractivity contribution in [1.82, 2.24) is 0 Å². The van der Waals surface area contributed by atoms with E-state index in [0.717, 1.165) is 18.7 Å². The summed E-state index contributed by atoms with van der Waals surface area (Å²) in [6.07, 6.45) is 1.01. The number of nitrogens with two attached hydrogens (primary N) is 1. The Hall–Kier alpha value is -1.51. The molecule has 0 saturated carbocycles. The Morgan fingerprint density at radius 3 is 2.29 bits per heavy atom. The highest BCUT2D eigenvalue weighted by atomic mass is 15.1. The summed E-state index contributed by atoms with van der Waals surface area (Å²) in [4.78, 5) is 4.19. The van der Waals surface area contributed by atoms with E-state index in [4.69, 9.17) is 5.73 Å². The smallest absolute Gasteiger partial charge is 0.193 e. The van der Waals surface area contributed by atoms with E-state index in [0.29, 0.717) is 5.96 Å². The quantitative estimate of drug-likeness (QED) is 0.622. The van der Waals surface area contributed by atoms with Gasteiger partial charge in [0.1, 0.15) is 0 Å². The molecule has 0 atom stereocenters. The van der Waals surface area contributed by atoms with E-state index >= 15 is 0 Å². The summed E-state index contributed by atoms with van der Waals surface area (Å²) < 4.78 is 0. The van der Waals surface area contributed by atoms with E-state index in [2.05, 4.69) is 50.1 Å². The number of guanidine groups is 1. The third kappa shape index (κ3) is 4.47. The SMILES string of the molecule is CCCN=C(N)Nc1ccc(C(C)(C)C)cc1. The number of benzene rings is 1. The second-order valence-electron chi connectivity index (χ2n) is 5.22. The highest BCUT2D eigenvalue weighted by molar-refractivity contribution is 5.92. The van der Waals surface area contributed by atoms with Gasteiger partial charge in [-0.05, 0) is 29.5 Å². The van der Waals surface area contributed by atoms with E-state index in [1.165, 1.54) is 5.56 Å². The highest BCUT2D eigenvalue weighted by Gasteiger charge is 2.12. The number of nitrogens with zero attached hydrogens (tertiary/aromatic N) is 1. The van der Waals surface area contributed by atoms with Crippen LogP contribution < -0.4 is 11.1 Å². The second-order valence-corrected chi connectivity index (χ2v) is 5.22. The summed E-state index contributed by atoms with van der Waals surface area (Å²) in [7, 11) is 0. The third-order valence-corrected chi connectivity index (χ3v) is 2.53. The van der Waals surface area contributed by atoms with Crippen LogP contribution in [0.25, 0.3) is 0 Å². The molecule has 3 nitrogen and oxygen atoms in total. The Kier molecular flexibility index (Phi) is 4.55. The van der Waals surface area contributed by atoms with Crippen LogP contribution in [-0.2, 0) is 5.41 Å². The lowest BCUT2D eigenvalue weighted by molar-refractivity contribution is 0.590. The standard InChI is InChI=1S/C14H23N3/c1-5-10-16-13(15)17-12-8-6-11(7-9-12)14(2,3)4/h6-9H,5,10H2,1-4H3,(H3,15,16,17). The number of anilines is 1. The lowest BCUT2D eigenvalue weighted by Gasteiger charge is -2.19. The highest BCUT2D eigenvalue weighted by Crippen LogP contribution is 2.23. The molecule has 3 heteroatoms. The first-order chi connectivity index (χ1) is 7.93. The molecule has 0 aliphatic heterocycles. The zero-order valence-electron chi connectivity index (χ0n) is 11.2. The number of rotatable bonds is 3. The predicted molar refractivity (Wildman–Crippen MR) is 75.5 cm³/mol. The largest absolute Gasteiger partial charge is 0.370 e. The van der Waals surface area contributed by atoms with Gasteiger partial charge in [-0.15, -0.1) is 0 Å². The summed E-state index contributed by atoms with van der Waals surface area (Å²) in [5.41, 5.74) is 8.23. The van der Waals surface area contributed by atoms with Gasteiger partial charge in [0.25, 0.3) is 0 Å². The van der Waals surface area contributed by atoms with Gasteiger partial charge in [0, 0.05) is 12.2 Å². The number of hydrogen-bond donors (Lipinski definition) is 2. The predicted octanol–water partition coefficient (Wildman–Crippen LogP) is 3.12. The minimum Gasteiger partial charge on any atom is -0.370 e. The maximum atomic E-state index is 5.75. The normalized spacial score (nSPS) is 12.6. The molecule has 17 heavy (non-hydrogen) atoms. The van der Waals surface area contributed by atoms with Gasteiger partial charge >= 0.3 is 0 Å².